The molecule has 2 aromatic carbocycles. The summed E-state index contributed by atoms with van der Waals surface area (Å²) >= 11 is 0. The van der Waals surface area contributed by atoms with Crippen molar-refractivity contribution in [3.05, 3.63) is 102 Å². The Labute approximate surface area is 211 Å². The molecule has 1 amide bonds. The van der Waals surface area contributed by atoms with E-state index >= 15 is 0 Å². The molecule has 0 spiro atoms. The van der Waals surface area contributed by atoms with Gasteiger partial charge in [0.25, 0.3) is 0 Å². The van der Waals surface area contributed by atoms with Gasteiger partial charge in [0.2, 0.25) is 5.91 Å². The standard InChI is InChI=1S/C27H23F3N6O/c1-36-17-22(16-34-36)21-9-10-24(33-15-21)35-26(37)25(20-5-3-2-4-6-20)32-12-11-19-8-7-18(14-31)13-23(19)27(28,29)30/h2-10,13,15-17,25,32H,11-12H2,1H3,(H,33,35,37). The summed E-state index contributed by atoms with van der Waals surface area (Å²) in [6, 6.07) is 16.8. The fourth-order valence-electron chi connectivity index (χ4n) is 3.89. The second-order valence-electron chi connectivity index (χ2n) is 8.35. The largest absolute Gasteiger partial charge is 0.416 e. The van der Waals surface area contributed by atoms with Crippen molar-refractivity contribution in [2.45, 2.75) is 18.6 Å². The summed E-state index contributed by atoms with van der Waals surface area (Å²) in [6.07, 6.45) is 0.605. The van der Waals surface area contributed by atoms with Crippen molar-refractivity contribution in [1.29, 1.82) is 5.26 Å². The van der Waals surface area contributed by atoms with Crippen LogP contribution in [0.1, 0.15) is 28.3 Å². The Bertz CT molecular complexity index is 1410. The van der Waals surface area contributed by atoms with Gasteiger partial charge in [-0.15, -0.1) is 0 Å². The SMILES string of the molecule is Cn1cc(-c2ccc(NC(=O)C(NCCc3ccc(C#N)cc3C(F)(F)F)c3ccccc3)nc2)cn1. The van der Waals surface area contributed by atoms with Crippen LogP contribution in [-0.4, -0.2) is 27.2 Å². The first-order valence-corrected chi connectivity index (χ1v) is 11.4. The molecule has 1 atom stereocenters. The van der Waals surface area contributed by atoms with Crippen LogP contribution in [-0.2, 0) is 24.4 Å². The molecule has 0 saturated carbocycles. The Morgan fingerprint density at radius 3 is 2.49 bits per heavy atom. The van der Waals surface area contributed by atoms with E-state index in [4.69, 9.17) is 5.26 Å². The highest BCUT2D eigenvalue weighted by Crippen LogP contribution is 2.33. The minimum atomic E-state index is -4.59. The minimum Gasteiger partial charge on any atom is -0.309 e. The molecule has 0 aliphatic rings. The van der Waals surface area contributed by atoms with Gasteiger partial charge in [0, 0.05) is 37.1 Å². The Hall–Kier alpha value is -4.49. The first kappa shape index (κ1) is 25.6. The van der Waals surface area contributed by atoms with E-state index in [-0.39, 0.29) is 24.1 Å². The van der Waals surface area contributed by atoms with Crippen LogP contribution in [0.2, 0.25) is 0 Å². The predicted molar refractivity (Wildman–Crippen MR) is 132 cm³/mol. The molecule has 0 saturated heterocycles. The second-order valence-corrected chi connectivity index (χ2v) is 8.35. The third kappa shape index (κ3) is 6.39. The fraction of sp³-hybridized carbons (Fsp3) is 0.185. The predicted octanol–water partition coefficient (Wildman–Crippen LogP) is 4.88. The monoisotopic (exact) mass is 504 g/mol. The molecule has 0 aliphatic heterocycles. The number of nitriles is 1. The summed E-state index contributed by atoms with van der Waals surface area (Å²) in [5.74, 6) is -0.0597. The van der Waals surface area contributed by atoms with Crippen LogP contribution in [0, 0.1) is 11.3 Å². The number of hydrogen-bond acceptors (Lipinski definition) is 5. The fourth-order valence-corrected chi connectivity index (χ4v) is 3.89. The molecular weight excluding hydrogens is 481 g/mol. The number of carbonyl (C=O) groups is 1. The Kier molecular flexibility index (Phi) is 7.65. The highest BCUT2D eigenvalue weighted by atomic mass is 19.4. The molecule has 10 heteroatoms. The lowest BCUT2D eigenvalue weighted by Gasteiger charge is -2.20. The lowest BCUT2D eigenvalue weighted by atomic mass is 10.0. The Balaban J connectivity index is 1.48. The maximum absolute atomic E-state index is 13.5. The summed E-state index contributed by atoms with van der Waals surface area (Å²) in [7, 11) is 1.81. The topological polar surface area (TPSA) is 95.6 Å². The van der Waals surface area contributed by atoms with E-state index < -0.39 is 23.7 Å². The van der Waals surface area contributed by atoms with E-state index in [1.807, 2.05) is 25.4 Å². The van der Waals surface area contributed by atoms with Gasteiger partial charge < -0.3 is 10.6 Å². The van der Waals surface area contributed by atoms with Crippen LogP contribution >= 0.6 is 0 Å². The molecule has 37 heavy (non-hydrogen) atoms. The maximum Gasteiger partial charge on any atom is 0.416 e. The molecule has 2 N–H and O–H groups in total. The zero-order chi connectivity index (χ0) is 26.4. The number of rotatable bonds is 8. The molecular formula is C27H23F3N6O. The number of pyridine rings is 1. The summed E-state index contributed by atoms with van der Waals surface area (Å²) in [5, 5.41) is 18.9. The van der Waals surface area contributed by atoms with Gasteiger partial charge in [0.05, 0.1) is 23.4 Å². The molecule has 0 bridgehead atoms. The number of nitrogens with one attached hydrogen (secondary N) is 2. The second kappa shape index (κ2) is 11.1. The Morgan fingerprint density at radius 1 is 1.08 bits per heavy atom. The number of halogens is 3. The summed E-state index contributed by atoms with van der Waals surface area (Å²) in [6.45, 7) is 0.0926. The van der Waals surface area contributed by atoms with Crippen LogP contribution in [0.3, 0.4) is 0 Å². The van der Waals surface area contributed by atoms with E-state index in [9.17, 15) is 18.0 Å². The number of alkyl halides is 3. The highest BCUT2D eigenvalue weighted by molar-refractivity contribution is 5.95. The normalized spacial score (nSPS) is 12.1. The smallest absolute Gasteiger partial charge is 0.309 e. The van der Waals surface area contributed by atoms with Crippen LogP contribution in [0.15, 0.2) is 79.3 Å². The average Bonchev–Trinajstić information content (AvgIpc) is 3.33. The van der Waals surface area contributed by atoms with Crippen molar-refractivity contribution in [1.82, 2.24) is 20.1 Å². The van der Waals surface area contributed by atoms with Crippen LogP contribution in [0.25, 0.3) is 11.1 Å². The summed E-state index contributed by atoms with van der Waals surface area (Å²) < 4.78 is 42.2. The lowest BCUT2D eigenvalue weighted by molar-refractivity contribution is -0.138. The summed E-state index contributed by atoms with van der Waals surface area (Å²) in [4.78, 5) is 17.5. The molecule has 2 aromatic heterocycles. The van der Waals surface area contributed by atoms with Crippen molar-refractivity contribution < 1.29 is 18.0 Å². The number of hydrogen-bond donors (Lipinski definition) is 2. The van der Waals surface area contributed by atoms with Gasteiger partial charge in [0.1, 0.15) is 11.9 Å². The van der Waals surface area contributed by atoms with Crippen molar-refractivity contribution in [3.63, 3.8) is 0 Å². The number of nitrogens with zero attached hydrogens (tertiary/aromatic N) is 4. The molecule has 2 heterocycles. The molecule has 188 valence electrons. The maximum atomic E-state index is 13.5. The zero-order valence-electron chi connectivity index (χ0n) is 19.8. The van der Waals surface area contributed by atoms with Crippen LogP contribution in [0.5, 0.6) is 0 Å². The first-order chi connectivity index (χ1) is 17.7. The van der Waals surface area contributed by atoms with Gasteiger partial charge in [0.15, 0.2) is 0 Å². The molecule has 0 aliphatic carbocycles. The summed E-state index contributed by atoms with van der Waals surface area (Å²) in [5.41, 5.74) is 1.51. The Morgan fingerprint density at radius 2 is 1.86 bits per heavy atom. The van der Waals surface area contributed by atoms with Crippen LogP contribution in [0.4, 0.5) is 19.0 Å². The number of carbonyl (C=O) groups excluding carboxylic acids is 1. The van der Waals surface area contributed by atoms with Crippen molar-refractivity contribution >= 4 is 11.7 Å². The first-order valence-electron chi connectivity index (χ1n) is 11.4. The molecule has 1 unspecified atom stereocenters. The number of anilines is 1. The highest BCUT2D eigenvalue weighted by Gasteiger charge is 2.33. The molecule has 7 nitrogen and oxygen atoms in total. The van der Waals surface area contributed by atoms with Gasteiger partial charge in [-0.1, -0.05) is 36.4 Å². The van der Waals surface area contributed by atoms with E-state index in [0.29, 0.717) is 11.4 Å². The van der Waals surface area contributed by atoms with Crippen molar-refractivity contribution in [2.24, 2.45) is 7.05 Å². The van der Waals surface area contributed by atoms with Crippen LogP contribution < -0.4 is 10.6 Å². The number of aryl methyl sites for hydroxylation is 1. The van der Waals surface area contributed by atoms with E-state index in [0.717, 1.165) is 17.2 Å². The number of benzene rings is 2. The van der Waals surface area contributed by atoms with Crippen molar-refractivity contribution in [2.75, 3.05) is 11.9 Å². The lowest BCUT2D eigenvalue weighted by Crippen LogP contribution is -2.34. The molecule has 4 rings (SSSR count). The number of aromatic nitrogens is 3. The van der Waals surface area contributed by atoms with E-state index in [2.05, 4.69) is 20.7 Å². The minimum absolute atomic E-state index is 0.00915. The quantitative estimate of drug-likeness (QED) is 0.357. The average molecular weight is 505 g/mol. The van der Waals surface area contributed by atoms with Gasteiger partial charge in [-0.25, -0.2) is 4.98 Å². The van der Waals surface area contributed by atoms with Gasteiger partial charge in [-0.3, -0.25) is 9.48 Å². The third-order valence-electron chi connectivity index (χ3n) is 5.74. The zero-order valence-corrected chi connectivity index (χ0v) is 19.8. The van der Waals surface area contributed by atoms with E-state index in [1.165, 1.54) is 12.1 Å². The molecule has 4 aromatic rings. The molecule has 0 radical (unpaired) electrons. The van der Waals surface area contributed by atoms with Gasteiger partial charge in [-0.05, 0) is 41.8 Å². The van der Waals surface area contributed by atoms with Gasteiger partial charge >= 0.3 is 6.18 Å². The number of amides is 1. The van der Waals surface area contributed by atoms with E-state index in [1.54, 1.807) is 53.5 Å². The van der Waals surface area contributed by atoms with Gasteiger partial charge in [-0.2, -0.15) is 23.5 Å². The molecule has 0 fully saturated rings. The third-order valence-corrected chi connectivity index (χ3v) is 5.74. The van der Waals surface area contributed by atoms with Crippen molar-refractivity contribution in [3.8, 4) is 17.2 Å².